The van der Waals surface area contributed by atoms with E-state index in [2.05, 4.69) is 63.1 Å². The summed E-state index contributed by atoms with van der Waals surface area (Å²) in [7, 11) is 0. The summed E-state index contributed by atoms with van der Waals surface area (Å²) in [6.45, 7) is 4.96. The van der Waals surface area contributed by atoms with Crippen LogP contribution in [-0.4, -0.2) is 182 Å². The lowest BCUT2D eigenvalue weighted by Crippen LogP contribution is -2.62. The molecular weight excluding hydrogens is 1110 g/mol. The molecule has 20 N–H and O–H groups in total. The molecule has 0 saturated heterocycles. The Bertz CT molecular complexity index is 2790. The van der Waals surface area contributed by atoms with Gasteiger partial charge in [0.1, 0.15) is 54.4 Å². The van der Waals surface area contributed by atoms with Gasteiger partial charge in [-0.2, -0.15) is 0 Å². The number of aromatic amines is 1. The molecule has 0 aliphatic rings. The first-order chi connectivity index (χ1) is 40.1. The van der Waals surface area contributed by atoms with Crippen molar-refractivity contribution in [3.8, 4) is 0 Å². The number of aromatic nitrogens is 2. The SMILES string of the molecule is CC(C)C[C@H](NC(=O)[C@@H](N)Cc1ccccc1)C(=O)N[C@H](C(=O)N[C@@H](Cc1cnc[nH]1)C(=O)N[C@@H](CO)C(=O)N[C@@H](CO)C(=O)N[C@@H](CC(N)=O)C(=O)N[C@@H](CC(N)=O)C(=O)N[C@@H](Cc1ccccc1)C(=O)NCC(=O)N[C@@H](C)C(=O)O)C(C)C. The number of hydrogen-bond donors (Lipinski definition) is 17. The van der Waals surface area contributed by atoms with Gasteiger partial charge in [0, 0.05) is 24.7 Å². The molecule has 0 spiro atoms. The third-order valence-electron chi connectivity index (χ3n) is 12.6. The minimum Gasteiger partial charge on any atom is -0.480 e. The second-order valence-corrected chi connectivity index (χ2v) is 20.6. The number of primary amides is 2. The largest absolute Gasteiger partial charge is 0.480 e. The fraction of sp³-hybridized carbons (Fsp3) is 0.481. The van der Waals surface area contributed by atoms with Crippen LogP contribution in [0, 0.1) is 11.8 Å². The van der Waals surface area contributed by atoms with Gasteiger partial charge in [-0.25, -0.2) is 4.98 Å². The topological polar surface area (TPSA) is 510 Å². The number of H-pyrrole nitrogens is 1. The predicted octanol–water partition coefficient (Wildman–Crippen LogP) is -6.21. The molecule has 0 fully saturated rings. The van der Waals surface area contributed by atoms with E-state index in [1.54, 1.807) is 68.4 Å². The third kappa shape index (κ3) is 24.6. The first-order valence-corrected chi connectivity index (χ1v) is 26.9. The molecule has 0 radical (unpaired) electrons. The fourth-order valence-corrected chi connectivity index (χ4v) is 8.09. The van der Waals surface area contributed by atoms with Crippen molar-refractivity contribution in [1.82, 2.24) is 63.1 Å². The van der Waals surface area contributed by atoms with Crippen molar-refractivity contribution in [3.63, 3.8) is 0 Å². The van der Waals surface area contributed by atoms with Gasteiger partial charge in [-0.1, -0.05) is 88.4 Å². The van der Waals surface area contributed by atoms with Crippen molar-refractivity contribution in [1.29, 1.82) is 0 Å². The second kappa shape index (κ2) is 34.9. The van der Waals surface area contributed by atoms with Crippen LogP contribution in [0.4, 0.5) is 0 Å². The molecule has 0 aliphatic carbocycles. The maximum absolute atomic E-state index is 14.1. The van der Waals surface area contributed by atoms with E-state index in [1.165, 1.54) is 19.4 Å². The number of carbonyl (C=O) groups is 13. The van der Waals surface area contributed by atoms with Crippen molar-refractivity contribution >= 4 is 76.9 Å². The van der Waals surface area contributed by atoms with E-state index in [4.69, 9.17) is 22.3 Å². The molecular formula is C54H77N15O16. The number of amides is 12. The molecule has 85 heavy (non-hydrogen) atoms. The molecule has 0 saturated carbocycles. The molecule has 1 aromatic heterocycles. The summed E-state index contributed by atoms with van der Waals surface area (Å²) in [6.07, 6.45) is 0.513. The van der Waals surface area contributed by atoms with E-state index in [-0.39, 0.29) is 31.6 Å². The highest BCUT2D eigenvalue weighted by atomic mass is 16.4. The number of imidazole rings is 1. The van der Waals surface area contributed by atoms with E-state index < -0.39 is 176 Å². The molecule has 0 bridgehead atoms. The highest BCUT2D eigenvalue weighted by molar-refractivity contribution is 6.00. The average molecular weight is 1190 g/mol. The van der Waals surface area contributed by atoms with Crippen LogP contribution in [0.2, 0.25) is 0 Å². The molecule has 3 aromatic rings. The molecule has 0 unspecified atom stereocenters. The lowest BCUT2D eigenvalue weighted by molar-refractivity contribution is -0.141. The molecule has 31 heteroatoms. The molecule has 464 valence electrons. The summed E-state index contributed by atoms with van der Waals surface area (Å²) in [4.78, 5) is 178. The number of nitrogens with two attached hydrogens (primary N) is 3. The Morgan fingerprint density at radius 3 is 1.38 bits per heavy atom. The van der Waals surface area contributed by atoms with Gasteiger partial charge in [-0.15, -0.1) is 0 Å². The van der Waals surface area contributed by atoms with E-state index in [0.29, 0.717) is 11.3 Å². The number of carbonyl (C=O) groups excluding carboxylic acids is 12. The van der Waals surface area contributed by atoms with Crippen LogP contribution in [0.3, 0.4) is 0 Å². The van der Waals surface area contributed by atoms with Gasteiger partial charge in [-0.3, -0.25) is 62.3 Å². The Labute approximate surface area is 488 Å². The van der Waals surface area contributed by atoms with E-state index in [9.17, 15) is 72.5 Å². The first kappa shape index (κ1) is 69.9. The van der Waals surface area contributed by atoms with E-state index >= 15 is 0 Å². The zero-order valence-electron chi connectivity index (χ0n) is 47.5. The molecule has 0 aliphatic heterocycles. The van der Waals surface area contributed by atoms with Crippen molar-refractivity contribution in [2.75, 3.05) is 19.8 Å². The van der Waals surface area contributed by atoms with Crippen LogP contribution in [0.25, 0.3) is 0 Å². The summed E-state index contributed by atoms with van der Waals surface area (Å²) >= 11 is 0. The Hall–Kier alpha value is -9.36. The Morgan fingerprint density at radius 1 is 0.506 bits per heavy atom. The second-order valence-electron chi connectivity index (χ2n) is 20.6. The van der Waals surface area contributed by atoms with Gasteiger partial charge in [-0.05, 0) is 42.7 Å². The highest BCUT2D eigenvalue weighted by Gasteiger charge is 2.37. The smallest absolute Gasteiger partial charge is 0.325 e. The highest BCUT2D eigenvalue weighted by Crippen LogP contribution is 2.12. The zero-order valence-corrected chi connectivity index (χ0v) is 47.5. The minimum atomic E-state index is -2.00. The van der Waals surface area contributed by atoms with Gasteiger partial charge < -0.3 is 90.7 Å². The summed E-state index contributed by atoms with van der Waals surface area (Å²) in [6, 6.07) is 1.39. The number of aliphatic carboxylic acids is 1. The Morgan fingerprint density at radius 2 is 0.929 bits per heavy atom. The lowest BCUT2D eigenvalue weighted by atomic mass is 9.98. The summed E-state index contributed by atoms with van der Waals surface area (Å²) in [5.74, 6) is -14.8. The molecule has 2 aromatic carbocycles. The summed E-state index contributed by atoms with van der Waals surface area (Å²) < 4.78 is 0. The number of nitrogens with one attached hydrogen (secondary N) is 11. The molecule has 3 rings (SSSR count). The van der Waals surface area contributed by atoms with Crippen LogP contribution in [0.1, 0.15) is 70.7 Å². The number of rotatable bonds is 36. The molecule has 1 heterocycles. The summed E-state index contributed by atoms with van der Waals surface area (Å²) in [5.41, 5.74) is 18.6. The van der Waals surface area contributed by atoms with Gasteiger partial charge in [0.2, 0.25) is 70.9 Å². The van der Waals surface area contributed by atoms with Crippen LogP contribution >= 0.6 is 0 Å². The van der Waals surface area contributed by atoms with Crippen LogP contribution in [-0.2, 0) is 81.6 Å². The number of aliphatic hydroxyl groups excluding tert-OH is 2. The van der Waals surface area contributed by atoms with Crippen molar-refractivity contribution in [2.24, 2.45) is 29.0 Å². The number of carboxylic acids is 1. The quantitative estimate of drug-likeness (QED) is 0.0258. The Balaban J connectivity index is 1.78. The van der Waals surface area contributed by atoms with Gasteiger partial charge in [0.25, 0.3) is 0 Å². The number of hydrogen-bond acceptors (Lipinski definition) is 17. The van der Waals surface area contributed by atoms with Gasteiger partial charge in [0.05, 0.1) is 45.0 Å². The van der Waals surface area contributed by atoms with Crippen LogP contribution in [0.15, 0.2) is 73.2 Å². The summed E-state index contributed by atoms with van der Waals surface area (Å²) in [5, 5.41) is 53.0. The van der Waals surface area contributed by atoms with Crippen molar-refractivity contribution in [3.05, 3.63) is 90.0 Å². The first-order valence-electron chi connectivity index (χ1n) is 26.9. The van der Waals surface area contributed by atoms with Crippen LogP contribution in [0.5, 0.6) is 0 Å². The minimum absolute atomic E-state index is 0.109. The van der Waals surface area contributed by atoms with E-state index in [1.807, 2.05) is 19.9 Å². The van der Waals surface area contributed by atoms with Gasteiger partial charge >= 0.3 is 5.97 Å². The third-order valence-corrected chi connectivity index (χ3v) is 12.6. The monoisotopic (exact) mass is 1190 g/mol. The average Bonchev–Trinajstić information content (AvgIpc) is 4.10. The number of nitrogens with zero attached hydrogens (tertiary/aromatic N) is 1. The van der Waals surface area contributed by atoms with Crippen molar-refractivity contribution < 1.29 is 77.6 Å². The fourth-order valence-electron chi connectivity index (χ4n) is 8.09. The maximum atomic E-state index is 14.1. The van der Waals surface area contributed by atoms with Crippen molar-refractivity contribution in [2.45, 2.75) is 134 Å². The number of carboxylic acid groups (broad SMARTS) is 1. The van der Waals surface area contributed by atoms with Gasteiger partial charge in [0.15, 0.2) is 0 Å². The lowest BCUT2D eigenvalue weighted by Gasteiger charge is -2.29. The zero-order chi connectivity index (χ0) is 63.5. The van der Waals surface area contributed by atoms with E-state index in [0.717, 1.165) is 5.56 Å². The molecule has 12 amide bonds. The maximum Gasteiger partial charge on any atom is 0.325 e. The Kier molecular flexibility index (Phi) is 28.7. The van der Waals surface area contributed by atoms with Crippen LogP contribution < -0.4 is 70.4 Å². The molecule has 31 nitrogen and oxygen atoms in total. The molecule has 10 atom stereocenters. The predicted molar refractivity (Wildman–Crippen MR) is 300 cm³/mol. The number of aliphatic hydroxyl groups is 2. The number of benzene rings is 2. The normalized spacial score (nSPS) is 14.6. The standard InChI is InChI=1S/C54H77N15O16/c1-27(2)16-34(62-45(75)33(55)17-30-12-8-6-9-13-30)50(80)69-44(28(3)4)53(83)66-36(19-32-22-58-26-60-32)47(77)67-40(25-71)52(82)68-39(24-70)51(81)65-38(21-42(57)73)49(79)64-37(20-41(56)72)48(78)63-35(18-31-14-10-7-11-15-31)46(76)59-23-43(74)61-29(5)54(84)85/h6-15,22,26-29,33-40,44,70-71H,16-21,23-25,55H2,1-5H3,(H2,56,72)(H2,57,73)(H,58,60)(H,59,76)(H,61,74)(H,62,75)(H,63,78)(H,64,79)(H,65,81)(H,66,83)(H,67,77)(H,68,82)(H,69,80)(H,84,85)/t29-,33-,34-,35-,36-,37-,38-,39-,40-,44-/m0/s1.